The largest absolute Gasteiger partial charge is 0.416 e. The monoisotopic (exact) mass is 456 g/mol. The Morgan fingerprint density at radius 1 is 1.47 bits per heavy atom. The summed E-state index contributed by atoms with van der Waals surface area (Å²) in [5.74, 6) is 0.0194. The van der Waals surface area contributed by atoms with E-state index >= 15 is 0 Å². The van der Waals surface area contributed by atoms with Crippen molar-refractivity contribution < 1.29 is 17.4 Å². The van der Waals surface area contributed by atoms with E-state index in [2.05, 4.69) is 15.3 Å². The van der Waals surface area contributed by atoms with E-state index in [0.29, 0.717) is 0 Å². The molecule has 0 radical (unpaired) electrons. The van der Waals surface area contributed by atoms with Gasteiger partial charge in [0, 0.05) is 29.2 Å². The molecule has 3 rings (SSSR count). The molecular formula is C18H16ClF3N6OS. The number of fused-ring (bicyclic) bond motifs is 3. The first-order valence-corrected chi connectivity index (χ1v) is 10.4. The van der Waals surface area contributed by atoms with Gasteiger partial charge in [-0.3, -0.25) is 4.21 Å². The fraction of sp³-hybridized carbons (Fsp3) is 0.389. The molecule has 0 bridgehead atoms. The van der Waals surface area contributed by atoms with E-state index in [4.69, 9.17) is 18.2 Å². The van der Waals surface area contributed by atoms with Gasteiger partial charge >= 0.3 is 12.0 Å². The summed E-state index contributed by atoms with van der Waals surface area (Å²) < 4.78 is 54.1. The van der Waals surface area contributed by atoms with Crippen molar-refractivity contribution in [2.45, 2.75) is 23.0 Å². The van der Waals surface area contributed by atoms with E-state index in [1.165, 1.54) is 10.9 Å². The third kappa shape index (κ3) is 3.54. The fourth-order valence-corrected chi connectivity index (χ4v) is 4.69. The van der Waals surface area contributed by atoms with E-state index in [1.807, 2.05) is 6.07 Å². The lowest BCUT2D eigenvalue weighted by atomic mass is 9.82. The predicted octanol–water partition coefficient (Wildman–Crippen LogP) is 3.93. The Morgan fingerprint density at radius 2 is 2.13 bits per heavy atom. The fourth-order valence-electron chi connectivity index (χ4n) is 3.63. The van der Waals surface area contributed by atoms with Gasteiger partial charge in [-0.1, -0.05) is 18.2 Å². The quantitative estimate of drug-likeness (QED) is 0.705. The Hall–Kier alpha value is -2.60. The molecule has 158 valence electrons. The molecule has 0 amide bonds. The summed E-state index contributed by atoms with van der Waals surface area (Å²) in [5, 5.41) is 16.5. The SMILES string of the molecule is [C-]#[N+]c1nn2c(c1S(C)=O)NC(CC#N)(CN(C)C)c1cc(C(F)(F)F)cc(Cl)c1-2. The van der Waals surface area contributed by atoms with Gasteiger partial charge in [0.2, 0.25) is 0 Å². The van der Waals surface area contributed by atoms with Crippen molar-refractivity contribution in [2.75, 3.05) is 32.2 Å². The molecule has 0 spiro atoms. The van der Waals surface area contributed by atoms with Crippen LogP contribution >= 0.6 is 11.6 Å². The standard InChI is InChI=1S/C18H16ClF3N6OS/c1-24-15-14(30(4)29)16-25-17(5-6-23,9-27(2)3)11-7-10(18(20,21)22)8-12(19)13(11)28(16)26-15/h7-8,25H,5,9H2,2-4H3. The van der Waals surface area contributed by atoms with Gasteiger partial charge in [-0.15, -0.1) is 4.68 Å². The molecule has 7 nitrogen and oxygen atoms in total. The average molecular weight is 457 g/mol. The van der Waals surface area contributed by atoms with Gasteiger partial charge in [0.05, 0.1) is 28.6 Å². The van der Waals surface area contributed by atoms with Crippen molar-refractivity contribution in [1.29, 1.82) is 5.26 Å². The van der Waals surface area contributed by atoms with Crippen LogP contribution in [0.3, 0.4) is 0 Å². The number of benzene rings is 1. The van der Waals surface area contributed by atoms with Crippen molar-refractivity contribution in [3.05, 3.63) is 39.7 Å². The van der Waals surface area contributed by atoms with Crippen molar-refractivity contribution >= 4 is 34.0 Å². The molecule has 2 unspecified atom stereocenters. The van der Waals surface area contributed by atoms with Gasteiger partial charge in [0.1, 0.15) is 10.6 Å². The third-order valence-electron chi connectivity index (χ3n) is 4.66. The van der Waals surface area contributed by atoms with Crippen LogP contribution in [-0.2, 0) is 22.5 Å². The van der Waals surface area contributed by atoms with Crippen molar-refractivity contribution in [2.24, 2.45) is 0 Å². The van der Waals surface area contributed by atoms with E-state index < -0.39 is 28.1 Å². The van der Waals surface area contributed by atoms with E-state index in [1.54, 1.807) is 19.0 Å². The van der Waals surface area contributed by atoms with Crippen LogP contribution in [0.5, 0.6) is 0 Å². The summed E-state index contributed by atoms with van der Waals surface area (Å²) in [6.07, 6.45) is -3.49. The zero-order valence-electron chi connectivity index (χ0n) is 16.1. The number of halogens is 4. The second-order valence-electron chi connectivity index (χ2n) is 7.11. The van der Waals surface area contributed by atoms with E-state index in [9.17, 15) is 22.6 Å². The van der Waals surface area contributed by atoms with Crippen LogP contribution < -0.4 is 5.32 Å². The van der Waals surface area contributed by atoms with Crippen LogP contribution in [0, 0.1) is 17.9 Å². The first-order chi connectivity index (χ1) is 13.9. The Balaban J connectivity index is 2.46. The van der Waals surface area contributed by atoms with Gasteiger partial charge in [0.15, 0.2) is 5.82 Å². The summed E-state index contributed by atoms with van der Waals surface area (Å²) in [4.78, 5) is 5.12. The molecule has 1 aliphatic rings. The first-order valence-electron chi connectivity index (χ1n) is 8.50. The maximum Gasteiger partial charge on any atom is 0.416 e. The maximum absolute atomic E-state index is 13.5. The lowest BCUT2D eigenvalue weighted by Crippen LogP contribution is -2.48. The highest BCUT2D eigenvalue weighted by molar-refractivity contribution is 7.84. The molecule has 0 aliphatic carbocycles. The van der Waals surface area contributed by atoms with Gasteiger partial charge in [-0.05, 0) is 31.3 Å². The van der Waals surface area contributed by atoms with Crippen molar-refractivity contribution in [3.8, 4) is 11.8 Å². The van der Waals surface area contributed by atoms with Crippen LogP contribution in [0.4, 0.5) is 24.8 Å². The second-order valence-corrected chi connectivity index (χ2v) is 8.83. The molecule has 2 heterocycles. The molecule has 0 fully saturated rings. The molecule has 0 saturated heterocycles. The molecule has 2 atom stereocenters. The summed E-state index contributed by atoms with van der Waals surface area (Å²) in [7, 11) is 1.80. The molecule has 0 saturated carbocycles. The van der Waals surface area contributed by atoms with Gasteiger partial charge in [0.25, 0.3) is 0 Å². The van der Waals surface area contributed by atoms with E-state index in [0.717, 1.165) is 12.1 Å². The van der Waals surface area contributed by atoms with Gasteiger partial charge < -0.3 is 15.1 Å². The van der Waals surface area contributed by atoms with Crippen LogP contribution in [-0.4, -0.2) is 45.8 Å². The Kier molecular flexibility index (Phi) is 5.58. The minimum Gasteiger partial charge on any atom is -0.358 e. The van der Waals surface area contributed by atoms with Crippen molar-refractivity contribution in [1.82, 2.24) is 14.7 Å². The zero-order valence-corrected chi connectivity index (χ0v) is 17.7. The van der Waals surface area contributed by atoms with Crippen molar-refractivity contribution in [3.63, 3.8) is 0 Å². The Bertz CT molecular complexity index is 1130. The molecule has 1 aromatic heterocycles. The summed E-state index contributed by atoms with van der Waals surface area (Å²) in [5.41, 5.74) is -2.02. The molecule has 1 aromatic carbocycles. The average Bonchev–Trinajstić information content (AvgIpc) is 2.98. The number of hydrogen-bond donors (Lipinski definition) is 1. The first kappa shape index (κ1) is 22.1. The predicted molar refractivity (Wildman–Crippen MR) is 106 cm³/mol. The number of aromatic nitrogens is 2. The highest BCUT2D eigenvalue weighted by Gasteiger charge is 2.46. The maximum atomic E-state index is 13.5. The second kappa shape index (κ2) is 7.58. The third-order valence-corrected chi connectivity index (χ3v) is 5.90. The normalized spacial score (nSPS) is 18.7. The highest BCUT2D eigenvalue weighted by Crippen LogP contribution is 2.48. The smallest absolute Gasteiger partial charge is 0.358 e. The minimum absolute atomic E-state index is 0.104. The summed E-state index contributed by atoms with van der Waals surface area (Å²) >= 11 is 6.29. The van der Waals surface area contributed by atoms with Crippen LogP contribution in [0.1, 0.15) is 17.5 Å². The summed E-state index contributed by atoms with van der Waals surface area (Å²) in [6, 6.07) is 3.75. The number of nitriles is 1. The number of anilines is 1. The molecule has 1 aliphatic heterocycles. The Labute approximate surface area is 178 Å². The lowest BCUT2D eigenvalue weighted by molar-refractivity contribution is -0.137. The number of nitrogens with zero attached hydrogens (tertiary/aromatic N) is 5. The number of hydrogen-bond acceptors (Lipinski definition) is 5. The number of rotatable bonds is 4. The highest BCUT2D eigenvalue weighted by atomic mass is 35.5. The van der Waals surface area contributed by atoms with Crippen LogP contribution in [0.2, 0.25) is 5.02 Å². The number of alkyl halides is 3. The Morgan fingerprint density at radius 3 is 2.63 bits per heavy atom. The lowest BCUT2D eigenvalue weighted by Gasteiger charge is -2.41. The molecule has 12 heteroatoms. The van der Waals surface area contributed by atoms with Gasteiger partial charge in [-0.2, -0.15) is 18.4 Å². The zero-order chi connectivity index (χ0) is 22.4. The molecule has 1 N–H and O–H groups in total. The number of likely N-dealkylation sites (N-methyl/N-ethyl adjacent to an activating group) is 1. The molecular weight excluding hydrogens is 441 g/mol. The van der Waals surface area contributed by atoms with Crippen LogP contribution in [0.15, 0.2) is 17.0 Å². The van der Waals surface area contributed by atoms with Gasteiger partial charge in [-0.25, -0.2) is 0 Å². The van der Waals surface area contributed by atoms with Crippen LogP contribution in [0.25, 0.3) is 10.5 Å². The van der Waals surface area contributed by atoms with E-state index in [-0.39, 0.29) is 45.8 Å². The molecule has 30 heavy (non-hydrogen) atoms. The topological polar surface area (TPSA) is 78.3 Å². The summed E-state index contributed by atoms with van der Waals surface area (Å²) in [6.45, 7) is 7.49. The molecule has 2 aromatic rings. The number of nitrogens with one attached hydrogen (secondary N) is 1. The minimum atomic E-state index is -4.66.